The van der Waals surface area contributed by atoms with E-state index in [-0.39, 0.29) is 17.2 Å². The molecule has 0 radical (unpaired) electrons. The normalized spacial score (nSPS) is 19.6. The first-order valence-corrected chi connectivity index (χ1v) is 9.12. The Morgan fingerprint density at radius 2 is 1.82 bits per heavy atom. The van der Waals surface area contributed by atoms with Crippen molar-refractivity contribution < 1.29 is 24.4 Å². The van der Waals surface area contributed by atoms with Gasteiger partial charge in [0, 0.05) is 51.3 Å². The van der Waals surface area contributed by atoms with Gasteiger partial charge in [0.15, 0.2) is 0 Å². The monoisotopic (exact) mass is 390 g/mol. The van der Waals surface area contributed by atoms with Crippen molar-refractivity contribution in [3.8, 4) is 0 Å². The number of carbonyl (C=O) groups excluding carboxylic acids is 2. The maximum Gasteiger partial charge on any atom is 0.326 e. The van der Waals surface area contributed by atoms with Crippen molar-refractivity contribution in [3.63, 3.8) is 0 Å². The number of nitro benzene ring substituents is 1. The Morgan fingerprint density at radius 3 is 2.39 bits per heavy atom. The molecule has 1 aromatic rings. The minimum atomic E-state index is -1.07. The van der Waals surface area contributed by atoms with Crippen LogP contribution in [0.2, 0.25) is 0 Å². The number of benzene rings is 1. The van der Waals surface area contributed by atoms with Crippen LogP contribution >= 0.6 is 0 Å². The zero-order valence-corrected chi connectivity index (χ0v) is 15.5. The number of amides is 2. The van der Waals surface area contributed by atoms with Crippen molar-refractivity contribution in [2.24, 2.45) is 0 Å². The van der Waals surface area contributed by atoms with Gasteiger partial charge >= 0.3 is 5.97 Å². The molecule has 28 heavy (non-hydrogen) atoms. The number of hydrogen-bond acceptors (Lipinski definition) is 6. The van der Waals surface area contributed by atoms with Crippen molar-refractivity contribution in [3.05, 3.63) is 33.9 Å². The number of likely N-dealkylation sites (tertiary alicyclic amines) is 1. The molecule has 0 aromatic heterocycles. The molecule has 0 aliphatic carbocycles. The number of aliphatic carboxylic acids is 1. The Kier molecular flexibility index (Phi) is 5.48. The Morgan fingerprint density at radius 1 is 1.14 bits per heavy atom. The first-order valence-electron chi connectivity index (χ1n) is 9.12. The molecule has 0 saturated carbocycles. The molecule has 2 saturated heterocycles. The SMILES string of the molecule is CC(=O)N1CCN(c2ccc(C(=O)N3CCCC3C(=O)O)cc2[N+](=O)[O-])CC1. The number of carboxylic acid groups (broad SMARTS) is 1. The van der Waals surface area contributed by atoms with E-state index in [0.717, 1.165) is 0 Å². The van der Waals surface area contributed by atoms with Crippen molar-refractivity contribution in [1.29, 1.82) is 0 Å². The summed E-state index contributed by atoms with van der Waals surface area (Å²) in [5.41, 5.74) is 0.292. The highest BCUT2D eigenvalue weighted by molar-refractivity contribution is 5.98. The van der Waals surface area contributed by atoms with Crippen LogP contribution in [0, 0.1) is 10.1 Å². The fourth-order valence-electron chi connectivity index (χ4n) is 3.76. The van der Waals surface area contributed by atoms with Gasteiger partial charge in [-0.25, -0.2) is 4.79 Å². The Bertz CT molecular complexity index is 818. The van der Waals surface area contributed by atoms with Gasteiger partial charge in [-0.3, -0.25) is 19.7 Å². The summed E-state index contributed by atoms with van der Waals surface area (Å²) in [6.45, 7) is 3.67. The molecule has 10 heteroatoms. The van der Waals surface area contributed by atoms with Gasteiger partial charge in [-0.2, -0.15) is 0 Å². The number of carboxylic acids is 1. The van der Waals surface area contributed by atoms with Crippen LogP contribution in [-0.4, -0.2) is 76.4 Å². The lowest BCUT2D eigenvalue weighted by Gasteiger charge is -2.35. The lowest BCUT2D eigenvalue weighted by Crippen LogP contribution is -2.48. The maximum absolute atomic E-state index is 12.7. The lowest BCUT2D eigenvalue weighted by molar-refractivity contribution is -0.384. The molecule has 0 bridgehead atoms. The van der Waals surface area contributed by atoms with Crippen LogP contribution in [0.15, 0.2) is 18.2 Å². The number of piperazine rings is 1. The van der Waals surface area contributed by atoms with Crippen LogP contribution in [-0.2, 0) is 9.59 Å². The highest BCUT2D eigenvalue weighted by Gasteiger charge is 2.35. The van der Waals surface area contributed by atoms with E-state index in [1.165, 1.54) is 30.0 Å². The number of hydrogen-bond donors (Lipinski definition) is 1. The second-order valence-corrected chi connectivity index (χ2v) is 6.95. The molecule has 150 valence electrons. The second kappa shape index (κ2) is 7.83. The van der Waals surface area contributed by atoms with Gasteiger partial charge in [0.05, 0.1) is 4.92 Å². The standard InChI is InChI=1S/C18H22N4O6/c1-12(23)19-7-9-20(10-8-19)14-5-4-13(11-16(14)22(27)28)17(24)21-6-2-3-15(21)18(25)26/h4-5,11,15H,2-3,6-10H2,1H3,(H,25,26). The molecule has 1 atom stereocenters. The van der Waals surface area contributed by atoms with Crippen molar-refractivity contribution in [2.45, 2.75) is 25.8 Å². The van der Waals surface area contributed by atoms with Gasteiger partial charge in [0.25, 0.3) is 11.6 Å². The summed E-state index contributed by atoms with van der Waals surface area (Å²) in [7, 11) is 0. The zero-order chi connectivity index (χ0) is 20.4. The van der Waals surface area contributed by atoms with Gasteiger partial charge in [-0.1, -0.05) is 0 Å². The van der Waals surface area contributed by atoms with Crippen LogP contribution < -0.4 is 4.90 Å². The summed E-state index contributed by atoms with van der Waals surface area (Å²) in [6.07, 6.45) is 0.963. The van der Waals surface area contributed by atoms with E-state index < -0.39 is 22.8 Å². The number of nitrogens with zero attached hydrogens (tertiary/aromatic N) is 4. The zero-order valence-electron chi connectivity index (χ0n) is 15.5. The van der Waals surface area contributed by atoms with E-state index in [0.29, 0.717) is 51.3 Å². The molecule has 10 nitrogen and oxygen atoms in total. The molecule has 2 amide bonds. The minimum Gasteiger partial charge on any atom is -0.480 e. The summed E-state index contributed by atoms with van der Waals surface area (Å²) < 4.78 is 0. The first kappa shape index (κ1) is 19.6. The predicted octanol–water partition coefficient (Wildman–Crippen LogP) is 0.952. The van der Waals surface area contributed by atoms with E-state index in [2.05, 4.69) is 0 Å². The summed E-state index contributed by atoms with van der Waals surface area (Å²) in [6, 6.07) is 3.34. The van der Waals surface area contributed by atoms with Crippen molar-refractivity contribution in [2.75, 3.05) is 37.6 Å². The maximum atomic E-state index is 12.7. The lowest BCUT2D eigenvalue weighted by atomic mass is 10.1. The van der Waals surface area contributed by atoms with Crippen LogP contribution in [0.25, 0.3) is 0 Å². The number of nitro groups is 1. The quantitative estimate of drug-likeness (QED) is 0.599. The summed E-state index contributed by atoms with van der Waals surface area (Å²) in [4.78, 5) is 51.3. The van der Waals surface area contributed by atoms with E-state index in [4.69, 9.17) is 0 Å². The fraction of sp³-hybridized carbons (Fsp3) is 0.500. The van der Waals surface area contributed by atoms with Crippen molar-refractivity contribution >= 4 is 29.2 Å². The molecule has 2 aliphatic rings. The summed E-state index contributed by atoms with van der Waals surface area (Å²) in [5.74, 6) is -1.62. The second-order valence-electron chi connectivity index (χ2n) is 6.95. The van der Waals surface area contributed by atoms with Gasteiger partial charge in [0.2, 0.25) is 5.91 Å². The average Bonchev–Trinajstić information content (AvgIpc) is 3.17. The fourth-order valence-corrected chi connectivity index (χ4v) is 3.76. The molecule has 3 rings (SSSR count). The molecule has 0 spiro atoms. The molecule has 2 fully saturated rings. The van der Waals surface area contributed by atoms with Gasteiger partial charge in [0.1, 0.15) is 11.7 Å². The smallest absolute Gasteiger partial charge is 0.326 e. The third-order valence-corrected chi connectivity index (χ3v) is 5.28. The third-order valence-electron chi connectivity index (χ3n) is 5.28. The number of rotatable bonds is 4. The highest BCUT2D eigenvalue weighted by atomic mass is 16.6. The highest BCUT2D eigenvalue weighted by Crippen LogP contribution is 2.31. The van der Waals surface area contributed by atoms with E-state index in [1.54, 1.807) is 4.90 Å². The minimum absolute atomic E-state index is 0.0336. The van der Waals surface area contributed by atoms with Crippen molar-refractivity contribution in [1.82, 2.24) is 9.80 Å². The Labute approximate surface area is 161 Å². The number of anilines is 1. The first-order chi connectivity index (χ1) is 13.3. The van der Waals surface area contributed by atoms with Crippen LogP contribution in [0.3, 0.4) is 0 Å². The third kappa shape index (κ3) is 3.75. The number of carbonyl (C=O) groups is 3. The topological polar surface area (TPSA) is 124 Å². The Hall–Kier alpha value is -3.17. The molecule has 2 aliphatic heterocycles. The average molecular weight is 390 g/mol. The van der Waals surface area contributed by atoms with Gasteiger partial charge in [-0.05, 0) is 25.0 Å². The van der Waals surface area contributed by atoms with E-state index in [9.17, 15) is 29.6 Å². The molecule has 1 N–H and O–H groups in total. The molecular formula is C18H22N4O6. The predicted molar refractivity (Wildman–Crippen MR) is 99.3 cm³/mol. The van der Waals surface area contributed by atoms with Gasteiger partial charge < -0.3 is 19.8 Å². The van der Waals surface area contributed by atoms with Crippen LogP contribution in [0.1, 0.15) is 30.1 Å². The molecule has 1 unspecified atom stereocenters. The molecule has 1 aromatic carbocycles. The Balaban J connectivity index is 1.84. The van der Waals surface area contributed by atoms with E-state index in [1.807, 2.05) is 4.90 Å². The summed E-state index contributed by atoms with van der Waals surface area (Å²) in [5, 5.41) is 20.9. The summed E-state index contributed by atoms with van der Waals surface area (Å²) >= 11 is 0. The van der Waals surface area contributed by atoms with Gasteiger partial charge in [-0.15, -0.1) is 0 Å². The van der Waals surface area contributed by atoms with Crippen LogP contribution in [0.4, 0.5) is 11.4 Å². The van der Waals surface area contributed by atoms with Crippen LogP contribution in [0.5, 0.6) is 0 Å². The molecular weight excluding hydrogens is 368 g/mol. The largest absolute Gasteiger partial charge is 0.480 e. The van der Waals surface area contributed by atoms with E-state index >= 15 is 0 Å². The molecule has 2 heterocycles.